The summed E-state index contributed by atoms with van der Waals surface area (Å²) < 4.78 is 27.2. The van der Waals surface area contributed by atoms with Crippen LogP contribution in [0.4, 0.5) is 14.7 Å². The SMILES string of the molecule is Nc1nccn1-c1ccc(F)cc1F. The van der Waals surface area contributed by atoms with Gasteiger partial charge in [0.15, 0.2) is 0 Å². The quantitative estimate of drug-likeness (QED) is 0.753. The zero-order valence-electron chi connectivity index (χ0n) is 7.11. The highest BCUT2D eigenvalue weighted by atomic mass is 19.1. The predicted octanol–water partition coefficient (Wildman–Crippen LogP) is 1.73. The van der Waals surface area contributed by atoms with E-state index < -0.39 is 11.6 Å². The first-order valence-electron chi connectivity index (χ1n) is 3.93. The van der Waals surface area contributed by atoms with E-state index in [1.54, 1.807) is 0 Å². The second-order valence-corrected chi connectivity index (χ2v) is 2.75. The minimum absolute atomic E-state index is 0.163. The molecule has 2 rings (SSSR count). The molecule has 1 aromatic carbocycles. The molecule has 0 fully saturated rings. The van der Waals surface area contributed by atoms with Crippen molar-refractivity contribution < 1.29 is 8.78 Å². The van der Waals surface area contributed by atoms with E-state index in [0.29, 0.717) is 0 Å². The highest BCUT2D eigenvalue weighted by molar-refractivity contribution is 5.40. The van der Waals surface area contributed by atoms with Gasteiger partial charge in [-0.25, -0.2) is 13.8 Å². The van der Waals surface area contributed by atoms with Gasteiger partial charge in [0.25, 0.3) is 0 Å². The molecular weight excluding hydrogens is 188 g/mol. The highest BCUT2D eigenvalue weighted by Crippen LogP contribution is 2.16. The van der Waals surface area contributed by atoms with Crippen molar-refractivity contribution in [3.05, 3.63) is 42.2 Å². The smallest absolute Gasteiger partial charge is 0.204 e. The maximum Gasteiger partial charge on any atom is 0.204 e. The van der Waals surface area contributed by atoms with Gasteiger partial charge in [0.05, 0.1) is 5.69 Å². The van der Waals surface area contributed by atoms with Crippen molar-refractivity contribution in [2.75, 3.05) is 5.73 Å². The summed E-state index contributed by atoms with van der Waals surface area (Å²) in [5, 5.41) is 0. The number of hydrogen-bond acceptors (Lipinski definition) is 2. The largest absolute Gasteiger partial charge is 0.369 e. The molecule has 0 radical (unpaired) electrons. The van der Waals surface area contributed by atoms with Gasteiger partial charge in [0.2, 0.25) is 5.95 Å². The van der Waals surface area contributed by atoms with E-state index in [0.717, 1.165) is 12.1 Å². The molecule has 0 spiro atoms. The van der Waals surface area contributed by atoms with Gasteiger partial charge in [0, 0.05) is 18.5 Å². The summed E-state index contributed by atoms with van der Waals surface area (Å²) in [6.45, 7) is 0. The highest BCUT2D eigenvalue weighted by Gasteiger charge is 2.07. The van der Waals surface area contributed by atoms with Gasteiger partial charge in [-0.3, -0.25) is 4.57 Å². The average molecular weight is 195 g/mol. The van der Waals surface area contributed by atoms with Crippen LogP contribution in [0.2, 0.25) is 0 Å². The van der Waals surface area contributed by atoms with Crippen LogP contribution in [0.15, 0.2) is 30.6 Å². The van der Waals surface area contributed by atoms with Gasteiger partial charge in [-0.05, 0) is 12.1 Å². The molecule has 2 aromatic rings. The first-order chi connectivity index (χ1) is 6.68. The normalized spacial score (nSPS) is 10.4. The Morgan fingerprint density at radius 2 is 2.07 bits per heavy atom. The lowest BCUT2D eigenvalue weighted by Gasteiger charge is -2.05. The van der Waals surface area contributed by atoms with Crippen molar-refractivity contribution >= 4 is 5.95 Å². The Hall–Kier alpha value is -1.91. The van der Waals surface area contributed by atoms with E-state index in [4.69, 9.17) is 5.73 Å². The van der Waals surface area contributed by atoms with Crippen LogP contribution < -0.4 is 5.73 Å². The maximum absolute atomic E-state index is 13.2. The molecule has 0 saturated heterocycles. The lowest BCUT2D eigenvalue weighted by molar-refractivity contribution is 0.578. The minimum atomic E-state index is -0.672. The molecule has 3 nitrogen and oxygen atoms in total. The standard InChI is InChI=1S/C9H7F2N3/c10-6-1-2-8(7(11)5-6)14-4-3-13-9(14)12/h1-5H,(H2,12,13). The Bertz CT molecular complexity index is 465. The fourth-order valence-electron chi connectivity index (χ4n) is 1.20. The lowest BCUT2D eigenvalue weighted by Crippen LogP contribution is -2.02. The monoisotopic (exact) mass is 195 g/mol. The zero-order valence-corrected chi connectivity index (χ0v) is 7.11. The number of nitrogens with two attached hydrogens (primary N) is 1. The van der Waals surface area contributed by atoms with Gasteiger partial charge in [-0.15, -0.1) is 0 Å². The Morgan fingerprint density at radius 3 is 2.64 bits per heavy atom. The van der Waals surface area contributed by atoms with Crippen molar-refractivity contribution in [3.8, 4) is 5.69 Å². The summed E-state index contributed by atoms with van der Waals surface area (Å²) in [7, 11) is 0. The van der Waals surface area contributed by atoms with E-state index in [2.05, 4.69) is 4.98 Å². The minimum Gasteiger partial charge on any atom is -0.369 e. The molecule has 0 bridgehead atoms. The Morgan fingerprint density at radius 1 is 1.29 bits per heavy atom. The molecule has 0 saturated carbocycles. The van der Waals surface area contributed by atoms with E-state index in [9.17, 15) is 8.78 Å². The van der Waals surface area contributed by atoms with E-state index >= 15 is 0 Å². The van der Waals surface area contributed by atoms with Crippen molar-refractivity contribution in [1.82, 2.24) is 9.55 Å². The van der Waals surface area contributed by atoms with Crippen LogP contribution in [0, 0.1) is 11.6 Å². The van der Waals surface area contributed by atoms with Crippen molar-refractivity contribution in [1.29, 1.82) is 0 Å². The van der Waals surface area contributed by atoms with E-state index in [-0.39, 0.29) is 11.6 Å². The van der Waals surface area contributed by atoms with Gasteiger partial charge in [0.1, 0.15) is 11.6 Å². The van der Waals surface area contributed by atoms with E-state index in [1.807, 2.05) is 0 Å². The van der Waals surface area contributed by atoms with Crippen LogP contribution in [-0.4, -0.2) is 9.55 Å². The topological polar surface area (TPSA) is 43.8 Å². The van der Waals surface area contributed by atoms with Crippen LogP contribution in [0.3, 0.4) is 0 Å². The van der Waals surface area contributed by atoms with Crippen molar-refractivity contribution in [3.63, 3.8) is 0 Å². The molecule has 0 aliphatic heterocycles. The van der Waals surface area contributed by atoms with Crippen LogP contribution in [-0.2, 0) is 0 Å². The fraction of sp³-hybridized carbons (Fsp3) is 0. The summed E-state index contributed by atoms with van der Waals surface area (Å²) in [5.41, 5.74) is 5.65. The second kappa shape index (κ2) is 3.10. The van der Waals surface area contributed by atoms with Crippen LogP contribution in [0.1, 0.15) is 0 Å². The molecule has 0 aliphatic carbocycles. The first-order valence-corrected chi connectivity index (χ1v) is 3.93. The maximum atomic E-state index is 13.2. The third-order valence-electron chi connectivity index (χ3n) is 1.84. The molecule has 1 heterocycles. The van der Waals surface area contributed by atoms with Crippen LogP contribution in [0.5, 0.6) is 0 Å². The van der Waals surface area contributed by atoms with Crippen LogP contribution in [0.25, 0.3) is 5.69 Å². The molecule has 0 aliphatic rings. The van der Waals surface area contributed by atoms with Crippen molar-refractivity contribution in [2.24, 2.45) is 0 Å². The average Bonchev–Trinajstić information content (AvgIpc) is 2.52. The third kappa shape index (κ3) is 1.32. The Balaban J connectivity index is 2.58. The van der Waals surface area contributed by atoms with Gasteiger partial charge < -0.3 is 5.73 Å². The molecule has 5 heteroatoms. The summed E-state index contributed by atoms with van der Waals surface area (Å²) in [4.78, 5) is 3.74. The molecule has 0 unspecified atom stereocenters. The number of nitrogens with zero attached hydrogens (tertiary/aromatic N) is 2. The van der Waals surface area contributed by atoms with Gasteiger partial charge >= 0.3 is 0 Å². The molecule has 0 amide bonds. The molecule has 1 aromatic heterocycles. The molecule has 0 atom stereocenters. The van der Waals surface area contributed by atoms with Crippen LogP contribution >= 0.6 is 0 Å². The predicted molar refractivity (Wildman–Crippen MR) is 47.9 cm³/mol. The Labute approximate surface area is 78.8 Å². The number of rotatable bonds is 1. The second-order valence-electron chi connectivity index (χ2n) is 2.75. The summed E-state index contributed by atoms with van der Waals surface area (Å²) in [6, 6.07) is 3.27. The number of imidazole rings is 1. The summed E-state index contributed by atoms with van der Waals surface area (Å²) in [6.07, 6.45) is 2.95. The number of benzene rings is 1. The number of anilines is 1. The lowest BCUT2D eigenvalue weighted by atomic mass is 10.3. The summed E-state index contributed by atoms with van der Waals surface area (Å²) >= 11 is 0. The zero-order chi connectivity index (χ0) is 10.1. The number of aromatic nitrogens is 2. The number of nitrogen functional groups attached to an aromatic ring is 1. The Kier molecular flexibility index (Phi) is 1.92. The van der Waals surface area contributed by atoms with E-state index in [1.165, 1.54) is 23.0 Å². The molecular formula is C9H7F2N3. The first kappa shape index (κ1) is 8.68. The molecule has 14 heavy (non-hydrogen) atoms. The molecule has 2 N–H and O–H groups in total. The number of halogens is 2. The molecule has 72 valence electrons. The third-order valence-corrected chi connectivity index (χ3v) is 1.84. The van der Waals surface area contributed by atoms with Crippen molar-refractivity contribution in [2.45, 2.75) is 0 Å². The summed E-state index contributed by atoms with van der Waals surface area (Å²) in [5.74, 6) is -1.13. The van der Waals surface area contributed by atoms with Gasteiger partial charge in [-0.2, -0.15) is 0 Å². The fourth-order valence-corrected chi connectivity index (χ4v) is 1.20. The van der Waals surface area contributed by atoms with Gasteiger partial charge in [-0.1, -0.05) is 0 Å². The number of hydrogen-bond donors (Lipinski definition) is 1.